The molecule has 0 fully saturated rings. The average Bonchev–Trinajstić information content (AvgIpc) is 2.76. The predicted molar refractivity (Wildman–Crippen MR) is 105 cm³/mol. The highest BCUT2D eigenvalue weighted by Crippen LogP contribution is 2.20. The maximum Gasteiger partial charge on any atom is 0.339 e. The Labute approximate surface area is 172 Å². The summed E-state index contributed by atoms with van der Waals surface area (Å²) in [6.45, 7) is -0.273. The molecule has 0 aliphatic heterocycles. The fraction of sp³-hybridized carbons (Fsp3) is 0.238. The van der Waals surface area contributed by atoms with Crippen LogP contribution in [0.1, 0.15) is 36.6 Å². The summed E-state index contributed by atoms with van der Waals surface area (Å²) in [7, 11) is 3.92. The smallest absolute Gasteiger partial charge is 0.339 e. The second-order valence-corrected chi connectivity index (χ2v) is 6.00. The standard InChI is InChI=1S/C21H21NO8/c1-27-11-13-5-4-6-14(9-13)20(25)30-12-18(23)22-17-10-15(19(24)28-2)7-8-16(17)21(26)29-3/h4-10H,11-12H2,1-3H3,(H,22,23). The van der Waals surface area contributed by atoms with E-state index in [0.29, 0.717) is 6.61 Å². The third-order valence-corrected chi connectivity index (χ3v) is 3.93. The number of nitrogens with one attached hydrogen (secondary N) is 1. The minimum atomic E-state index is -0.714. The Morgan fingerprint density at radius 2 is 1.53 bits per heavy atom. The Morgan fingerprint density at radius 3 is 2.20 bits per heavy atom. The normalized spacial score (nSPS) is 10.1. The second-order valence-electron chi connectivity index (χ2n) is 6.00. The lowest BCUT2D eigenvalue weighted by Gasteiger charge is -2.12. The van der Waals surface area contributed by atoms with Gasteiger partial charge in [-0.05, 0) is 35.9 Å². The van der Waals surface area contributed by atoms with E-state index in [9.17, 15) is 19.2 Å². The molecule has 0 heterocycles. The number of anilines is 1. The number of carbonyl (C=O) groups is 4. The van der Waals surface area contributed by atoms with Crippen molar-refractivity contribution in [3.63, 3.8) is 0 Å². The summed E-state index contributed by atoms with van der Waals surface area (Å²) in [5.41, 5.74) is 1.21. The Morgan fingerprint density at radius 1 is 0.833 bits per heavy atom. The van der Waals surface area contributed by atoms with E-state index in [2.05, 4.69) is 14.8 Å². The number of hydrogen-bond acceptors (Lipinski definition) is 8. The number of esters is 3. The van der Waals surface area contributed by atoms with Gasteiger partial charge in [0.1, 0.15) is 0 Å². The van der Waals surface area contributed by atoms with Gasteiger partial charge in [0.25, 0.3) is 5.91 Å². The zero-order chi connectivity index (χ0) is 22.1. The molecule has 9 heteroatoms. The van der Waals surface area contributed by atoms with Crippen LogP contribution in [0.15, 0.2) is 42.5 Å². The summed E-state index contributed by atoms with van der Waals surface area (Å²) in [5.74, 6) is -2.76. The molecule has 2 aromatic rings. The van der Waals surface area contributed by atoms with Gasteiger partial charge in [0, 0.05) is 7.11 Å². The molecule has 2 rings (SSSR count). The second kappa shape index (κ2) is 10.7. The maximum atomic E-state index is 12.3. The number of hydrogen-bond donors (Lipinski definition) is 1. The van der Waals surface area contributed by atoms with Crippen molar-refractivity contribution in [2.45, 2.75) is 6.61 Å². The van der Waals surface area contributed by atoms with E-state index in [1.807, 2.05) is 0 Å². The summed E-state index contributed by atoms with van der Waals surface area (Å²) in [5, 5.41) is 2.44. The van der Waals surface area contributed by atoms with Gasteiger partial charge >= 0.3 is 17.9 Å². The van der Waals surface area contributed by atoms with E-state index in [1.165, 1.54) is 39.5 Å². The summed E-state index contributed by atoms with van der Waals surface area (Å²) >= 11 is 0. The number of rotatable bonds is 8. The van der Waals surface area contributed by atoms with Crippen molar-refractivity contribution >= 4 is 29.5 Å². The molecule has 2 aromatic carbocycles. The monoisotopic (exact) mass is 415 g/mol. The van der Waals surface area contributed by atoms with Crippen LogP contribution in [0.4, 0.5) is 5.69 Å². The van der Waals surface area contributed by atoms with Crippen LogP contribution in [0.2, 0.25) is 0 Å². The number of ether oxygens (including phenoxy) is 4. The third kappa shape index (κ3) is 5.89. The zero-order valence-corrected chi connectivity index (χ0v) is 16.7. The first-order chi connectivity index (χ1) is 14.4. The van der Waals surface area contributed by atoms with Crippen LogP contribution < -0.4 is 5.32 Å². The maximum absolute atomic E-state index is 12.3. The van der Waals surface area contributed by atoms with Crippen LogP contribution in [-0.2, 0) is 30.3 Å². The van der Waals surface area contributed by atoms with Gasteiger partial charge in [0.05, 0.1) is 43.2 Å². The van der Waals surface area contributed by atoms with Gasteiger partial charge in [-0.1, -0.05) is 12.1 Å². The molecule has 158 valence electrons. The number of benzene rings is 2. The van der Waals surface area contributed by atoms with Gasteiger partial charge in [-0.2, -0.15) is 0 Å². The Hall–Kier alpha value is -3.72. The van der Waals surface area contributed by atoms with E-state index in [0.717, 1.165) is 5.56 Å². The number of methoxy groups -OCH3 is 3. The highest BCUT2D eigenvalue weighted by molar-refractivity contribution is 6.04. The fourth-order valence-corrected chi connectivity index (χ4v) is 2.54. The van der Waals surface area contributed by atoms with Crippen molar-refractivity contribution in [2.24, 2.45) is 0 Å². The molecular formula is C21H21NO8. The molecule has 1 N–H and O–H groups in total. The van der Waals surface area contributed by atoms with Crippen LogP contribution in [-0.4, -0.2) is 51.8 Å². The first-order valence-electron chi connectivity index (χ1n) is 8.75. The van der Waals surface area contributed by atoms with E-state index >= 15 is 0 Å². The Bertz CT molecular complexity index is 954. The summed E-state index contributed by atoms with van der Waals surface area (Å²) < 4.78 is 19.3. The van der Waals surface area contributed by atoms with Crippen molar-refractivity contribution in [1.29, 1.82) is 0 Å². The molecule has 0 bridgehead atoms. The first-order valence-corrected chi connectivity index (χ1v) is 8.75. The SMILES string of the molecule is COCc1cccc(C(=O)OCC(=O)Nc2cc(C(=O)OC)ccc2C(=O)OC)c1. The molecule has 1 amide bonds. The molecule has 30 heavy (non-hydrogen) atoms. The Kier molecular flexibility index (Phi) is 8.07. The molecule has 9 nitrogen and oxygen atoms in total. The molecule has 0 atom stereocenters. The van der Waals surface area contributed by atoms with Gasteiger partial charge in [0.15, 0.2) is 6.61 Å². The van der Waals surface area contributed by atoms with Crippen LogP contribution in [0.5, 0.6) is 0 Å². The predicted octanol–water partition coefficient (Wildman–Crippen LogP) is 2.20. The molecule has 0 unspecified atom stereocenters. The van der Waals surface area contributed by atoms with Crippen molar-refractivity contribution in [3.05, 3.63) is 64.7 Å². The van der Waals surface area contributed by atoms with Gasteiger partial charge in [-0.3, -0.25) is 4.79 Å². The van der Waals surface area contributed by atoms with Crippen molar-refractivity contribution in [2.75, 3.05) is 33.3 Å². The van der Waals surface area contributed by atoms with E-state index < -0.39 is 30.4 Å². The van der Waals surface area contributed by atoms with Crippen LogP contribution in [0.25, 0.3) is 0 Å². The Balaban J connectivity index is 2.09. The number of amides is 1. The van der Waals surface area contributed by atoms with Crippen molar-refractivity contribution < 1.29 is 38.1 Å². The van der Waals surface area contributed by atoms with Gasteiger partial charge < -0.3 is 24.3 Å². The van der Waals surface area contributed by atoms with Crippen LogP contribution in [0.3, 0.4) is 0 Å². The number of carbonyl (C=O) groups excluding carboxylic acids is 4. The minimum absolute atomic E-state index is 0.0212. The first kappa shape index (κ1) is 22.6. The lowest BCUT2D eigenvalue weighted by Crippen LogP contribution is -2.22. The van der Waals surface area contributed by atoms with E-state index in [4.69, 9.17) is 9.47 Å². The van der Waals surface area contributed by atoms with Crippen LogP contribution in [0, 0.1) is 0 Å². The highest BCUT2D eigenvalue weighted by atomic mass is 16.5. The van der Waals surface area contributed by atoms with Gasteiger partial charge in [0.2, 0.25) is 0 Å². The molecule has 0 radical (unpaired) electrons. The molecule has 0 aliphatic carbocycles. The largest absolute Gasteiger partial charge is 0.465 e. The third-order valence-electron chi connectivity index (χ3n) is 3.93. The van der Waals surface area contributed by atoms with Crippen LogP contribution >= 0.6 is 0 Å². The quantitative estimate of drug-likeness (QED) is 0.515. The van der Waals surface area contributed by atoms with Gasteiger partial charge in [-0.25, -0.2) is 14.4 Å². The van der Waals surface area contributed by atoms with Crippen molar-refractivity contribution in [1.82, 2.24) is 0 Å². The van der Waals surface area contributed by atoms with Crippen molar-refractivity contribution in [3.8, 4) is 0 Å². The van der Waals surface area contributed by atoms with E-state index in [1.54, 1.807) is 24.3 Å². The highest BCUT2D eigenvalue weighted by Gasteiger charge is 2.18. The molecular weight excluding hydrogens is 394 g/mol. The lowest BCUT2D eigenvalue weighted by molar-refractivity contribution is -0.119. The summed E-state index contributed by atoms with van der Waals surface area (Å²) in [6, 6.07) is 10.6. The van der Waals surface area contributed by atoms with Gasteiger partial charge in [-0.15, -0.1) is 0 Å². The molecule has 0 saturated heterocycles. The topological polar surface area (TPSA) is 117 Å². The summed E-state index contributed by atoms with van der Waals surface area (Å²) in [6.07, 6.45) is 0. The fourth-order valence-electron chi connectivity index (χ4n) is 2.54. The minimum Gasteiger partial charge on any atom is -0.465 e. The lowest BCUT2D eigenvalue weighted by atomic mass is 10.1. The zero-order valence-electron chi connectivity index (χ0n) is 16.7. The average molecular weight is 415 g/mol. The molecule has 0 aliphatic rings. The summed E-state index contributed by atoms with van der Waals surface area (Å²) in [4.78, 5) is 48.1. The molecule has 0 aromatic heterocycles. The molecule has 0 spiro atoms. The molecule has 0 saturated carbocycles. The van der Waals surface area contributed by atoms with E-state index in [-0.39, 0.29) is 22.4 Å².